The molecule has 0 aromatic heterocycles. The molecule has 1 aliphatic carbocycles. The number of para-hydroxylation sites is 1. The summed E-state index contributed by atoms with van der Waals surface area (Å²) < 4.78 is 5.67. The summed E-state index contributed by atoms with van der Waals surface area (Å²) >= 11 is 0. The molecule has 0 saturated heterocycles. The smallest absolute Gasteiger partial charge is 0.191 e. The third-order valence-electron chi connectivity index (χ3n) is 4.42. The van der Waals surface area contributed by atoms with E-state index < -0.39 is 0 Å². The predicted molar refractivity (Wildman–Crippen MR) is 114 cm³/mol. The van der Waals surface area contributed by atoms with Gasteiger partial charge in [0.1, 0.15) is 5.75 Å². The molecule has 2 N–H and O–H groups in total. The summed E-state index contributed by atoms with van der Waals surface area (Å²) in [6.07, 6.45) is 1.15. The van der Waals surface area contributed by atoms with Gasteiger partial charge in [-0.15, -0.1) is 24.0 Å². The molecule has 4 nitrogen and oxygen atoms in total. The lowest BCUT2D eigenvalue weighted by Crippen LogP contribution is -2.40. The molecular weight excluding hydrogens is 425 g/mol. The Balaban J connectivity index is 0.00000225. The highest BCUT2D eigenvalue weighted by atomic mass is 127. The van der Waals surface area contributed by atoms with E-state index in [9.17, 15) is 0 Å². The molecule has 0 saturated carbocycles. The topological polar surface area (TPSA) is 45.6 Å². The highest BCUT2D eigenvalue weighted by Crippen LogP contribution is 2.33. The lowest BCUT2D eigenvalue weighted by molar-refractivity contribution is 0.336. The minimum atomic E-state index is 0. The van der Waals surface area contributed by atoms with Crippen molar-refractivity contribution in [1.82, 2.24) is 10.6 Å². The second-order valence-corrected chi connectivity index (χ2v) is 5.95. The Labute approximate surface area is 167 Å². The maximum Gasteiger partial charge on any atom is 0.191 e. The quantitative estimate of drug-likeness (QED) is 0.400. The molecule has 0 amide bonds. The molecule has 2 aromatic rings. The van der Waals surface area contributed by atoms with Gasteiger partial charge in [-0.25, -0.2) is 0 Å². The standard InChI is InChI=1S/C20H25N3O.HI/c1-3-24-19-11-7-5-9-16(19)13-22-20(21-2)23-14-17-12-15-8-4-6-10-18(15)17;/h4-11,17H,3,12-14H2,1-2H3,(H2,21,22,23);1H. The first-order valence-electron chi connectivity index (χ1n) is 8.54. The number of rotatable bonds is 6. The summed E-state index contributed by atoms with van der Waals surface area (Å²) in [5, 5.41) is 6.80. The monoisotopic (exact) mass is 451 g/mol. The summed E-state index contributed by atoms with van der Waals surface area (Å²) in [6, 6.07) is 16.8. The van der Waals surface area contributed by atoms with Gasteiger partial charge in [-0.2, -0.15) is 0 Å². The average Bonchev–Trinajstić information content (AvgIpc) is 2.60. The molecule has 0 fully saturated rings. The number of nitrogens with one attached hydrogen (secondary N) is 2. The molecule has 2 aromatic carbocycles. The van der Waals surface area contributed by atoms with Crippen molar-refractivity contribution in [1.29, 1.82) is 0 Å². The van der Waals surface area contributed by atoms with Crippen LogP contribution in [0.4, 0.5) is 0 Å². The van der Waals surface area contributed by atoms with Crippen molar-refractivity contribution in [2.45, 2.75) is 25.8 Å². The maximum atomic E-state index is 5.67. The van der Waals surface area contributed by atoms with Crippen LogP contribution in [0.1, 0.15) is 29.5 Å². The van der Waals surface area contributed by atoms with Crippen LogP contribution in [-0.2, 0) is 13.0 Å². The van der Waals surface area contributed by atoms with Crippen LogP contribution in [0.15, 0.2) is 53.5 Å². The molecule has 0 spiro atoms. The Morgan fingerprint density at radius 2 is 1.88 bits per heavy atom. The Morgan fingerprint density at radius 3 is 2.64 bits per heavy atom. The fourth-order valence-electron chi connectivity index (χ4n) is 3.11. The molecule has 1 atom stereocenters. The van der Waals surface area contributed by atoms with Crippen LogP contribution < -0.4 is 15.4 Å². The van der Waals surface area contributed by atoms with E-state index in [1.807, 2.05) is 25.1 Å². The van der Waals surface area contributed by atoms with Gasteiger partial charge in [0.15, 0.2) is 5.96 Å². The first-order valence-corrected chi connectivity index (χ1v) is 8.54. The van der Waals surface area contributed by atoms with Gasteiger partial charge in [0.2, 0.25) is 0 Å². The molecular formula is C20H26IN3O. The van der Waals surface area contributed by atoms with Crippen LogP contribution in [0.2, 0.25) is 0 Å². The van der Waals surface area contributed by atoms with Gasteiger partial charge >= 0.3 is 0 Å². The number of nitrogens with zero attached hydrogens (tertiary/aromatic N) is 1. The van der Waals surface area contributed by atoms with E-state index in [-0.39, 0.29) is 24.0 Å². The van der Waals surface area contributed by atoms with E-state index in [1.165, 1.54) is 11.1 Å². The zero-order chi connectivity index (χ0) is 16.8. The summed E-state index contributed by atoms with van der Waals surface area (Å²) in [4.78, 5) is 4.32. The minimum absolute atomic E-state index is 0. The summed E-state index contributed by atoms with van der Waals surface area (Å²) in [6.45, 7) is 4.27. The van der Waals surface area contributed by atoms with Crippen molar-refractivity contribution >= 4 is 29.9 Å². The van der Waals surface area contributed by atoms with Gasteiger partial charge in [0, 0.05) is 31.6 Å². The maximum absolute atomic E-state index is 5.67. The SMILES string of the molecule is CCOc1ccccc1CNC(=NC)NCC1Cc2ccccc21.I. The lowest BCUT2D eigenvalue weighted by atomic mass is 9.78. The van der Waals surface area contributed by atoms with Crippen LogP contribution in [0.3, 0.4) is 0 Å². The Kier molecular flexibility index (Phi) is 7.55. The highest BCUT2D eigenvalue weighted by Gasteiger charge is 2.25. The number of aliphatic imine (C=N–C) groups is 1. The summed E-state index contributed by atoms with van der Waals surface area (Å²) in [7, 11) is 1.80. The third kappa shape index (κ3) is 4.87. The second kappa shape index (κ2) is 9.65. The number of fused-ring (bicyclic) bond motifs is 1. The fourth-order valence-corrected chi connectivity index (χ4v) is 3.11. The van der Waals surface area contributed by atoms with Crippen LogP contribution >= 0.6 is 24.0 Å². The number of ether oxygens (including phenoxy) is 1. The van der Waals surface area contributed by atoms with E-state index in [1.54, 1.807) is 7.05 Å². The fraction of sp³-hybridized carbons (Fsp3) is 0.350. The van der Waals surface area contributed by atoms with Crippen molar-refractivity contribution < 1.29 is 4.74 Å². The van der Waals surface area contributed by atoms with Crippen molar-refractivity contribution in [3.05, 3.63) is 65.2 Å². The van der Waals surface area contributed by atoms with Crippen LogP contribution in [0.25, 0.3) is 0 Å². The van der Waals surface area contributed by atoms with E-state index >= 15 is 0 Å². The van der Waals surface area contributed by atoms with Gasteiger partial charge in [-0.1, -0.05) is 42.5 Å². The first kappa shape index (κ1) is 19.6. The normalized spacial score (nSPS) is 15.4. The number of halogens is 1. The molecule has 5 heteroatoms. The average molecular weight is 451 g/mol. The lowest BCUT2D eigenvalue weighted by Gasteiger charge is -2.30. The predicted octanol–water partition coefficient (Wildman–Crippen LogP) is 3.71. The molecule has 0 aliphatic heterocycles. The molecule has 25 heavy (non-hydrogen) atoms. The Hall–Kier alpha value is -1.76. The molecule has 0 heterocycles. The van der Waals surface area contributed by atoms with Gasteiger partial charge in [-0.3, -0.25) is 4.99 Å². The first-order chi connectivity index (χ1) is 11.8. The number of hydrogen-bond acceptors (Lipinski definition) is 2. The number of benzene rings is 2. The highest BCUT2D eigenvalue weighted by molar-refractivity contribution is 14.0. The molecule has 1 unspecified atom stereocenters. The van der Waals surface area contributed by atoms with Crippen LogP contribution in [0.5, 0.6) is 5.75 Å². The van der Waals surface area contributed by atoms with Crippen LogP contribution in [-0.4, -0.2) is 26.2 Å². The van der Waals surface area contributed by atoms with Crippen molar-refractivity contribution in [3.63, 3.8) is 0 Å². The zero-order valence-electron chi connectivity index (χ0n) is 14.8. The second-order valence-electron chi connectivity index (χ2n) is 5.95. The van der Waals surface area contributed by atoms with Crippen molar-refractivity contribution in [2.75, 3.05) is 20.2 Å². The molecule has 0 bridgehead atoms. The van der Waals surface area contributed by atoms with E-state index in [0.29, 0.717) is 19.1 Å². The van der Waals surface area contributed by atoms with Crippen LogP contribution in [0, 0.1) is 0 Å². The number of guanidine groups is 1. The van der Waals surface area contributed by atoms with Crippen molar-refractivity contribution in [2.24, 2.45) is 4.99 Å². The van der Waals surface area contributed by atoms with Gasteiger partial charge in [-0.05, 0) is 30.5 Å². The summed E-state index contributed by atoms with van der Waals surface area (Å²) in [5.41, 5.74) is 4.07. The minimum Gasteiger partial charge on any atom is -0.494 e. The zero-order valence-corrected chi connectivity index (χ0v) is 17.1. The van der Waals surface area contributed by atoms with E-state index in [4.69, 9.17) is 4.74 Å². The van der Waals surface area contributed by atoms with Gasteiger partial charge in [0.05, 0.1) is 6.61 Å². The number of hydrogen-bond donors (Lipinski definition) is 2. The van der Waals surface area contributed by atoms with Gasteiger partial charge in [0.25, 0.3) is 0 Å². The molecule has 3 rings (SSSR count). The largest absolute Gasteiger partial charge is 0.494 e. The Bertz CT molecular complexity index is 718. The molecule has 1 aliphatic rings. The Morgan fingerprint density at radius 1 is 1.12 bits per heavy atom. The van der Waals surface area contributed by atoms with Crippen molar-refractivity contribution in [3.8, 4) is 5.75 Å². The third-order valence-corrected chi connectivity index (χ3v) is 4.42. The summed E-state index contributed by atoms with van der Waals surface area (Å²) in [5.74, 6) is 2.33. The molecule has 0 radical (unpaired) electrons. The molecule has 134 valence electrons. The van der Waals surface area contributed by atoms with Gasteiger partial charge < -0.3 is 15.4 Å². The van der Waals surface area contributed by atoms with E-state index in [2.05, 4.69) is 46.0 Å². The van der Waals surface area contributed by atoms with E-state index in [0.717, 1.165) is 30.2 Å².